The topological polar surface area (TPSA) is 45.0 Å². The third kappa shape index (κ3) is 3.53. The van der Waals surface area contributed by atoms with E-state index in [-0.39, 0.29) is 5.91 Å². The number of benzene rings is 4. The van der Waals surface area contributed by atoms with Crippen LogP contribution in [0, 0.1) is 5.92 Å². The van der Waals surface area contributed by atoms with Crippen LogP contribution in [0.4, 0.5) is 11.4 Å². The van der Waals surface area contributed by atoms with Crippen LogP contribution >= 0.6 is 0 Å². The molecule has 1 aliphatic rings. The minimum Gasteiger partial charge on any atom is -0.271 e. The van der Waals surface area contributed by atoms with E-state index in [1.807, 2.05) is 91.9 Å². The number of nitrogens with zero attached hydrogens (tertiary/aromatic N) is 3. The van der Waals surface area contributed by atoms with Gasteiger partial charge in [-0.2, -0.15) is 10.1 Å². The van der Waals surface area contributed by atoms with Crippen molar-refractivity contribution < 1.29 is 4.79 Å². The average molecular weight is 403 g/mol. The van der Waals surface area contributed by atoms with Crippen LogP contribution in [-0.4, -0.2) is 17.3 Å². The molecule has 0 saturated carbocycles. The van der Waals surface area contributed by atoms with Crippen LogP contribution in [0.3, 0.4) is 0 Å². The fourth-order valence-electron chi connectivity index (χ4n) is 3.97. The maximum atomic E-state index is 13.5. The molecule has 4 aromatic carbocycles. The molecule has 150 valence electrons. The Hall–Kier alpha value is -4.05. The summed E-state index contributed by atoms with van der Waals surface area (Å²) in [5.41, 5.74) is 3.96. The zero-order valence-corrected chi connectivity index (χ0v) is 17.1. The van der Waals surface area contributed by atoms with E-state index in [2.05, 4.69) is 23.3 Å². The van der Waals surface area contributed by atoms with Crippen molar-refractivity contribution in [3.8, 4) is 0 Å². The molecule has 0 bridgehead atoms. The molecule has 4 aromatic rings. The highest BCUT2D eigenvalue weighted by atomic mass is 16.2. The van der Waals surface area contributed by atoms with Crippen LogP contribution in [0.5, 0.6) is 0 Å². The number of anilines is 1. The maximum absolute atomic E-state index is 13.5. The van der Waals surface area contributed by atoms with Crippen molar-refractivity contribution in [2.75, 3.05) is 5.01 Å². The summed E-state index contributed by atoms with van der Waals surface area (Å²) in [6, 6.07) is 33.6. The molecular weight excluding hydrogens is 382 g/mol. The summed E-state index contributed by atoms with van der Waals surface area (Å²) < 4.78 is 0. The number of hydrazone groups is 1. The van der Waals surface area contributed by atoms with Crippen LogP contribution in [0.2, 0.25) is 0 Å². The lowest BCUT2D eigenvalue weighted by molar-refractivity contribution is -0.118. The first-order valence-corrected chi connectivity index (χ1v) is 10.3. The Balaban J connectivity index is 1.65. The van der Waals surface area contributed by atoms with E-state index in [1.165, 1.54) is 5.01 Å². The molecule has 1 atom stereocenters. The largest absolute Gasteiger partial charge is 0.271 e. The molecule has 0 fully saturated rings. The molecule has 4 heteroatoms. The quantitative estimate of drug-likeness (QED) is 0.386. The van der Waals surface area contributed by atoms with E-state index < -0.39 is 5.92 Å². The van der Waals surface area contributed by atoms with Gasteiger partial charge >= 0.3 is 0 Å². The predicted molar refractivity (Wildman–Crippen MR) is 127 cm³/mol. The summed E-state index contributed by atoms with van der Waals surface area (Å²) in [6.07, 6.45) is 0. The predicted octanol–water partition coefficient (Wildman–Crippen LogP) is 6.00. The minimum absolute atomic E-state index is 0.0912. The summed E-state index contributed by atoms with van der Waals surface area (Å²) in [7, 11) is 0. The van der Waals surface area contributed by atoms with Gasteiger partial charge < -0.3 is 0 Å². The van der Waals surface area contributed by atoms with E-state index in [4.69, 9.17) is 4.99 Å². The molecule has 31 heavy (non-hydrogen) atoms. The molecule has 0 aromatic heterocycles. The van der Waals surface area contributed by atoms with Crippen molar-refractivity contribution in [1.29, 1.82) is 0 Å². The van der Waals surface area contributed by atoms with Gasteiger partial charge in [-0.25, -0.2) is 0 Å². The first-order valence-electron chi connectivity index (χ1n) is 10.3. The summed E-state index contributed by atoms with van der Waals surface area (Å²) in [4.78, 5) is 18.6. The van der Waals surface area contributed by atoms with E-state index in [0.717, 1.165) is 33.4 Å². The second-order valence-corrected chi connectivity index (χ2v) is 7.52. The van der Waals surface area contributed by atoms with Crippen LogP contribution < -0.4 is 5.01 Å². The molecule has 0 spiro atoms. The third-order valence-corrected chi connectivity index (χ3v) is 5.48. The van der Waals surface area contributed by atoms with Gasteiger partial charge in [0.1, 0.15) is 5.92 Å². The lowest BCUT2D eigenvalue weighted by Crippen LogP contribution is -2.33. The molecule has 0 radical (unpaired) electrons. The number of carbonyl (C=O) groups is 1. The van der Waals surface area contributed by atoms with Crippen molar-refractivity contribution in [3.63, 3.8) is 0 Å². The van der Waals surface area contributed by atoms with Gasteiger partial charge in [0.2, 0.25) is 0 Å². The summed E-state index contributed by atoms with van der Waals surface area (Å²) >= 11 is 0. The molecule has 1 amide bonds. The van der Waals surface area contributed by atoms with Crippen molar-refractivity contribution in [3.05, 3.63) is 109 Å². The van der Waals surface area contributed by atoms with E-state index in [0.29, 0.717) is 5.71 Å². The third-order valence-electron chi connectivity index (χ3n) is 5.48. The Morgan fingerprint density at radius 1 is 0.806 bits per heavy atom. The van der Waals surface area contributed by atoms with Crippen LogP contribution in [0.15, 0.2) is 113 Å². The Bertz CT molecular complexity index is 1300. The Morgan fingerprint density at radius 3 is 2.23 bits per heavy atom. The molecule has 4 nitrogen and oxygen atoms in total. The molecule has 5 rings (SSSR count). The van der Waals surface area contributed by atoms with E-state index in [9.17, 15) is 4.79 Å². The van der Waals surface area contributed by atoms with Crippen LogP contribution in [-0.2, 0) is 4.79 Å². The highest BCUT2D eigenvalue weighted by Crippen LogP contribution is 2.31. The lowest BCUT2D eigenvalue weighted by atomic mass is 9.92. The zero-order chi connectivity index (χ0) is 21.2. The minimum atomic E-state index is -0.540. The first kappa shape index (κ1) is 18.9. The molecule has 0 saturated heterocycles. The number of para-hydroxylation sites is 1. The van der Waals surface area contributed by atoms with Gasteiger partial charge in [0.25, 0.3) is 5.91 Å². The normalized spacial score (nSPS) is 16.6. The van der Waals surface area contributed by atoms with Crippen molar-refractivity contribution in [2.45, 2.75) is 6.92 Å². The standard InChI is InChI=1S/C27H21N3O/c1-19-25(27(31)30(29-19)22-15-6-3-7-16-22)26(21-12-4-2-5-13-21)28-24-18-10-14-20-11-8-9-17-23(20)24/h2-18,25H,1H3. The van der Waals surface area contributed by atoms with Gasteiger partial charge in [-0.3, -0.25) is 9.79 Å². The van der Waals surface area contributed by atoms with Crippen LogP contribution in [0.1, 0.15) is 12.5 Å². The first-order chi connectivity index (χ1) is 15.2. The molecule has 1 heterocycles. The van der Waals surface area contributed by atoms with E-state index in [1.54, 1.807) is 0 Å². The summed E-state index contributed by atoms with van der Waals surface area (Å²) in [6.45, 7) is 1.90. The second kappa shape index (κ2) is 8.00. The number of carbonyl (C=O) groups excluding carboxylic acids is 1. The Labute approximate surface area is 181 Å². The maximum Gasteiger partial charge on any atom is 0.262 e. The van der Waals surface area contributed by atoms with Crippen molar-refractivity contribution >= 4 is 39.5 Å². The second-order valence-electron chi connectivity index (χ2n) is 7.52. The smallest absolute Gasteiger partial charge is 0.262 e. The zero-order valence-electron chi connectivity index (χ0n) is 17.1. The fraction of sp³-hybridized carbons (Fsp3) is 0.0741. The van der Waals surface area contributed by atoms with Gasteiger partial charge in [0.05, 0.1) is 22.8 Å². The summed E-state index contributed by atoms with van der Waals surface area (Å²) in [5, 5.41) is 8.25. The highest BCUT2D eigenvalue weighted by molar-refractivity contribution is 6.32. The van der Waals surface area contributed by atoms with Gasteiger partial charge in [-0.15, -0.1) is 0 Å². The monoisotopic (exact) mass is 403 g/mol. The van der Waals surface area contributed by atoms with Gasteiger partial charge in [-0.05, 0) is 36.1 Å². The Morgan fingerprint density at radius 2 is 1.45 bits per heavy atom. The summed E-state index contributed by atoms with van der Waals surface area (Å²) in [5.74, 6) is -0.631. The molecule has 1 unspecified atom stereocenters. The number of rotatable bonds is 4. The number of aliphatic imine (C=N–C) groups is 1. The SMILES string of the molecule is CC1=NN(c2ccccc2)C(=O)C1C(=Nc1cccc2ccccc12)c1ccccc1. The average Bonchev–Trinajstić information content (AvgIpc) is 3.12. The molecule has 1 aliphatic heterocycles. The Kier molecular flexibility index (Phi) is 4.89. The van der Waals surface area contributed by atoms with Crippen LogP contribution in [0.25, 0.3) is 10.8 Å². The van der Waals surface area contributed by atoms with Crippen molar-refractivity contribution in [2.24, 2.45) is 16.0 Å². The number of hydrogen-bond acceptors (Lipinski definition) is 3. The molecular formula is C27H21N3O. The number of amides is 1. The number of fused-ring (bicyclic) bond motifs is 1. The highest BCUT2D eigenvalue weighted by Gasteiger charge is 2.38. The van der Waals surface area contributed by atoms with Gasteiger partial charge in [0, 0.05) is 5.39 Å². The van der Waals surface area contributed by atoms with Crippen molar-refractivity contribution in [1.82, 2.24) is 0 Å². The van der Waals surface area contributed by atoms with Gasteiger partial charge in [-0.1, -0.05) is 84.9 Å². The fourth-order valence-corrected chi connectivity index (χ4v) is 3.97. The van der Waals surface area contributed by atoms with Gasteiger partial charge in [0.15, 0.2) is 0 Å². The van der Waals surface area contributed by atoms with E-state index >= 15 is 0 Å². The lowest BCUT2D eigenvalue weighted by Gasteiger charge is -2.17. The number of hydrogen-bond donors (Lipinski definition) is 0. The molecule has 0 N–H and O–H groups in total. The molecule has 0 aliphatic carbocycles.